The number of unbranched alkanes of at least 4 members (excludes halogenated alkanes) is 2. The van der Waals surface area contributed by atoms with Gasteiger partial charge in [-0.25, -0.2) is 13.4 Å². The molecule has 0 aliphatic carbocycles. The minimum absolute atomic E-state index is 0.0850. The number of carbonyl (C=O) groups is 3. The van der Waals surface area contributed by atoms with E-state index in [9.17, 15) is 22.8 Å². The number of benzene rings is 3. The molecule has 41 heavy (non-hydrogen) atoms. The summed E-state index contributed by atoms with van der Waals surface area (Å²) in [6, 6.07) is 24.4. The van der Waals surface area contributed by atoms with Gasteiger partial charge in [-0.3, -0.25) is 14.4 Å². The third-order valence-corrected chi connectivity index (χ3v) is 8.57. The number of amides is 2. The van der Waals surface area contributed by atoms with Crippen molar-refractivity contribution in [3.8, 4) is 0 Å². The molecule has 1 heterocycles. The molecule has 0 aliphatic heterocycles. The molecular formula is C31H33N3O6S. The first-order chi connectivity index (χ1) is 19.7. The molecule has 9 nitrogen and oxygen atoms in total. The molecule has 10 heteroatoms. The lowest BCUT2D eigenvalue weighted by atomic mass is 10.0. The van der Waals surface area contributed by atoms with E-state index in [1.54, 1.807) is 35.2 Å². The van der Waals surface area contributed by atoms with Gasteiger partial charge in [0.1, 0.15) is 11.4 Å². The van der Waals surface area contributed by atoms with Crippen LogP contribution in [0, 0.1) is 5.92 Å². The number of rotatable bonds is 15. The number of aromatic nitrogens is 1. The summed E-state index contributed by atoms with van der Waals surface area (Å²) < 4.78 is 31.1. The normalized spacial score (nSPS) is 12.2. The molecule has 4 rings (SSSR count). The van der Waals surface area contributed by atoms with E-state index in [4.69, 9.17) is 10.2 Å². The highest BCUT2D eigenvalue weighted by molar-refractivity contribution is 7.91. The predicted octanol–water partition coefficient (Wildman–Crippen LogP) is 4.57. The molecular weight excluding hydrogens is 542 g/mol. The van der Waals surface area contributed by atoms with Gasteiger partial charge in [0.05, 0.1) is 10.6 Å². The monoisotopic (exact) mass is 575 g/mol. The fourth-order valence-electron chi connectivity index (χ4n) is 4.56. The maximum absolute atomic E-state index is 13.5. The molecule has 2 N–H and O–H groups in total. The van der Waals surface area contributed by atoms with Crippen molar-refractivity contribution in [3.63, 3.8) is 0 Å². The Hall–Kier alpha value is -4.31. The van der Waals surface area contributed by atoms with E-state index in [0.29, 0.717) is 36.9 Å². The first kappa shape index (κ1) is 29.7. The molecule has 1 atom stereocenters. The molecule has 2 amide bonds. The maximum Gasteiger partial charge on any atom is 0.264 e. The van der Waals surface area contributed by atoms with Crippen LogP contribution in [-0.4, -0.2) is 48.2 Å². The van der Waals surface area contributed by atoms with Gasteiger partial charge in [0.2, 0.25) is 17.6 Å². The molecule has 0 bridgehead atoms. The number of ketones is 1. The second-order valence-corrected chi connectivity index (χ2v) is 12.0. The molecule has 0 saturated carbocycles. The van der Waals surface area contributed by atoms with Crippen molar-refractivity contribution in [3.05, 3.63) is 96.4 Å². The van der Waals surface area contributed by atoms with Gasteiger partial charge in [0.15, 0.2) is 15.4 Å². The standard InChI is InChI=1S/C31H33N3O6S/c32-29(36)25(19-21-41(38,39)24-14-6-2-7-15-24)31(37)34(22-23-12-4-1-5-13-23)20-11-3-8-17-27(35)30-33-26-16-9-10-18-28(26)40-30/h1-2,4-7,9-10,12-16,18,25H,3,8,11,17,19-22H2,(H2,32,36). The summed E-state index contributed by atoms with van der Waals surface area (Å²) in [6.45, 7) is 0.566. The lowest BCUT2D eigenvalue weighted by molar-refractivity contribution is -0.141. The third kappa shape index (κ3) is 8.11. The maximum atomic E-state index is 13.5. The van der Waals surface area contributed by atoms with Gasteiger partial charge in [0.25, 0.3) is 5.89 Å². The van der Waals surface area contributed by atoms with Crippen molar-refractivity contribution in [2.45, 2.75) is 43.5 Å². The Morgan fingerprint density at radius 3 is 2.20 bits per heavy atom. The number of fused-ring (bicyclic) bond motifs is 1. The lowest BCUT2D eigenvalue weighted by Gasteiger charge is -2.26. The van der Waals surface area contributed by atoms with Gasteiger partial charge in [-0.2, -0.15) is 0 Å². The largest absolute Gasteiger partial charge is 0.434 e. The van der Waals surface area contributed by atoms with Gasteiger partial charge >= 0.3 is 0 Å². The van der Waals surface area contributed by atoms with E-state index in [0.717, 1.165) is 5.56 Å². The van der Waals surface area contributed by atoms with Crippen LogP contribution < -0.4 is 5.73 Å². The summed E-state index contributed by atoms with van der Waals surface area (Å²) in [4.78, 5) is 44.3. The third-order valence-electron chi connectivity index (χ3n) is 6.81. The minimum atomic E-state index is -3.69. The lowest BCUT2D eigenvalue weighted by Crippen LogP contribution is -2.42. The number of nitrogens with two attached hydrogens (primary N) is 1. The zero-order valence-corrected chi connectivity index (χ0v) is 23.5. The number of Topliss-reactive ketones (excluding diaryl/α,β-unsaturated/α-hetero) is 1. The average Bonchev–Trinajstić information content (AvgIpc) is 3.42. The molecule has 1 unspecified atom stereocenters. The number of carbonyl (C=O) groups excluding carboxylic acids is 3. The van der Waals surface area contributed by atoms with Gasteiger partial charge in [-0.15, -0.1) is 0 Å². The van der Waals surface area contributed by atoms with Gasteiger partial charge in [-0.1, -0.05) is 67.1 Å². The first-order valence-electron chi connectivity index (χ1n) is 13.5. The van der Waals surface area contributed by atoms with Crippen LogP contribution in [0.2, 0.25) is 0 Å². The Labute approximate surface area is 239 Å². The van der Waals surface area contributed by atoms with E-state index in [2.05, 4.69) is 4.98 Å². The highest BCUT2D eigenvalue weighted by Gasteiger charge is 2.31. The molecule has 3 aromatic carbocycles. The second-order valence-electron chi connectivity index (χ2n) is 9.84. The van der Waals surface area contributed by atoms with Crippen LogP contribution in [0.25, 0.3) is 11.1 Å². The van der Waals surface area contributed by atoms with E-state index >= 15 is 0 Å². The Morgan fingerprint density at radius 2 is 1.51 bits per heavy atom. The summed E-state index contributed by atoms with van der Waals surface area (Å²) in [6.07, 6.45) is 1.83. The van der Waals surface area contributed by atoms with Crippen LogP contribution in [0.15, 0.2) is 94.2 Å². The number of oxazole rings is 1. The fourth-order valence-corrected chi connectivity index (χ4v) is 5.91. The van der Waals surface area contributed by atoms with Crippen molar-refractivity contribution in [2.24, 2.45) is 11.7 Å². The van der Waals surface area contributed by atoms with E-state index in [1.165, 1.54) is 12.1 Å². The topological polar surface area (TPSA) is 141 Å². The highest BCUT2D eigenvalue weighted by Crippen LogP contribution is 2.19. The predicted molar refractivity (Wildman–Crippen MR) is 154 cm³/mol. The van der Waals surface area contributed by atoms with Gasteiger partial charge in [-0.05, 0) is 49.1 Å². The quantitative estimate of drug-likeness (QED) is 0.124. The van der Waals surface area contributed by atoms with Crippen molar-refractivity contribution in [1.82, 2.24) is 9.88 Å². The molecule has 214 valence electrons. The molecule has 0 aliphatic rings. The van der Waals surface area contributed by atoms with E-state index in [1.807, 2.05) is 42.5 Å². The van der Waals surface area contributed by atoms with Crippen LogP contribution in [0.4, 0.5) is 0 Å². The second kappa shape index (κ2) is 13.8. The van der Waals surface area contributed by atoms with Gasteiger partial charge < -0.3 is 15.1 Å². The van der Waals surface area contributed by atoms with Crippen LogP contribution in [0.3, 0.4) is 0 Å². The average molecular weight is 576 g/mol. The number of sulfone groups is 1. The molecule has 0 radical (unpaired) electrons. The smallest absolute Gasteiger partial charge is 0.264 e. The van der Waals surface area contributed by atoms with Crippen LogP contribution >= 0.6 is 0 Å². The molecule has 0 spiro atoms. The minimum Gasteiger partial charge on any atom is -0.434 e. The number of hydrogen-bond donors (Lipinski definition) is 1. The van der Waals surface area contributed by atoms with Crippen LogP contribution in [-0.2, 0) is 26.0 Å². The Morgan fingerprint density at radius 1 is 0.854 bits per heavy atom. The summed E-state index contributed by atoms with van der Waals surface area (Å²) in [7, 11) is -3.69. The molecule has 0 fully saturated rings. The van der Waals surface area contributed by atoms with E-state index in [-0.39, 0.29) is 41.7 Å². The highest BCUT2D eigenvalue weighted by atomic mass is 32.2. The van der Waals surface area contributed by atoms with E-state index < -0.39 is 27.6 Å². The van der Waals surface area contributed by atoms with Crippen molar-refractivity contribution >= 4 is 38.5 Å². The van der Waals surface area contributed by atoms with Gasteiger partial charge in [0, 0.05) is 19.5 Å². The Bertz CT molecular complexity index is 1550. The van der Waals surface area contributed by atoms with Crippen LogP contribution in [0.5, 0.6) is 0 Å². The summed E-state index contributed by atoms with van der Waals surface area (Å²) in [5, 5.41) is 0. The zero-order chi connectivity index (χ0) is 29.2. The molecule has 0 saturated heterocycles. The number of nitrogens with zero attached hydrogens (tertiary/aromatic N) is 2. The first-order valence-corrected chi connectivity index (χ1v) is 15.2. The fraction of sp³-hybridized carbons (Fsp3) is 0.290. The molecule has 1 aromatic heterocycles. The van der Waals surface area contributed by atoms with Crippen molar-refractivity contribution < 1.29 is 27.2 Å². The Balaban J connectivity index is 1.36. The SMILES string of the molecule is NC(=O)C(CCS(=O)(=O)c1ccccc1)C(=O)N(CCCCCC(=O)c1nc2ccccc2o1)Cc1ccccc1. The number of para-hydroxylation sites is 2. The summed E-state index contributed by atoms with van der Waals surface area (Å²) in [5.41, 5.74) is 7.66. The number of hydrogen-bond acceptors (Lipinski definition) is 7. The van der Waals surface area contributed by atoms with Crippen LogP contribution in [0.1, 0.15) is 48.4 Å². The van der Waals surface area contributed by atoms with Crippen molar-refractivity contribution in [1.29, 1.82) is 0 Å². The summed E-state index contributed by atoms with van der Waals surface area (Å²) in [5.74, 6) is -3.13. The number of primary amides is 1. The Kier molecular flexibility index (Phi) is 10.0. The van der Waals surface area contributed by atoms with Crippen molar-refractivity contribution in [2.75, 3.05) is 12.3 Å². The summed E-state index contributed by atoms with van der Waals surface area (Å²) >= 11 is 0. The molecule has 4 aromatic rings. The zero-order valence-electron chi connectivity index (χ0n) is 22.6.